The molecule has 2 heterocycles. The Morgan fingerprint density at radius 2 is 2.04 bits per heavy atom. The highest BCUT2D eigenvalue weighted by atomic mass is 32.2. The molecule has 0 amide bonds. The van der Waals surface area contributed by atoms with Crippen LogP contribution in [0.2, 0.25) is 0 Å². The third-order valence-corrected chi connectivity index (χ3v) is 7.10. The van der Waals surface area contributed by atoms with Gasteiger partial charge in [-0.05, 0) is 48.5 Å². The fourth-order valence-corrected chi connectivity index (χ4v) is 5.83. The maximum Gasteiger partial charge on any atom is 0.190 e. The molecule has 1 unspecified atom stereocenters. The summed E-state index contributed by atoms with van der Waals surface area (Å²) >= 11 is 3.58. The summed E-state index contributed by atoms with van der Waals surface area (Å²) in [4.78, 5) is 12.0. The molecule has 0 aromatic carbocycles. The molecule has 24 heavy (non-hydrogen) atoms. The molecule has 3 rings (SSSR count). The quantitative estimate of drug-likeness (QED) is 0.570. The van der Waals surface area contributed by atoms with Gasteiger partial charge in [-0.3, -0.25) is 0 Å². The number of nitrogens with two attached hydrogens (primary N) is 1. The van der Waals surface area contributed by atoms with Gasteiger partial charge in [0.15, 0.2) is 5.16 Å². The number of anilines is 1. The van der Waals surface area contributed by atoms with Gasteiger partial charge < -0.3 is 5.73 Å². The minimum Gasteiger partial charge on any atom is -0.383 e. The largest absolute Gasteiger partial charge is 0.383 e. The van der Waals surface area contributed by atoms with Gasteiger partial charge >= 0.3 is 0 Å². The normalized spacial score (nSPS) is 18.3. The lowest BCUT2D eigenvalue weighted by Crippen LogP contribution is -2.26. The van der Waals surface area contributed by atoms with Gasteiger partial charge in [0.2, 0.25) is 0 Å². The standard InChI is InChI=1S/C19H29N3S2/c1-11(2)8-9-23-18-21-16(20)15-13-7-6-12(19(3,4)5)10-14(13)24-17(15)22-18/h11-12H,6-10H2,1-5H3,(H2,20,21,22). The monoisotopic (exact) mass is 363 g/mol. The van der Waals surface area contributed by atoms with Crippen molar-refractivity contribution in [2.24, 2.45) is 17.3 Å². The van der Waals surface area contributed by atoms with Crippen LogP contribution in [0, 0.1) is 17.3 Å². The molecule has 0 aliphatic heterocycles. The first-order valence-corrected chi connectivity index (χ1v) is 10.8. The van der Waals surface area contributed by atoms with Crippen molar-refractivity contribution in [2.75, 3.05) is 11.5 Å². The first-order valence-electron chi connectivity index (χ1n) is 8.96. The van der Waals surface area contributed by atoms with Crippen molar-refractivity contribution >= 4 is 39.1 Å². The van der Waals surface area contributed by atoms with E-state index in [1.165, 1.54) is 23.3 Å². The van der Waals surface area contributed by atoms with Crippen LogP contribution < -0.4 is 5.73 Å². The van der Waals surface area contributed by atoms with Gasteiger partial charge in [-0.1, -0.05) is 46.4 Å². The lowest BCUT2D eigenvalue weighted by Gasteiger charge is -2.33. The summed E-state index contributed by atoms with van der Waals surface area (Å²) in [6.07, 6.45) is 4.70. The second-order valence-corrected chi connectivity index (χ2v) is 10.6. The van der Waals surface area contributed by atoms with Crippen LogP contribution in [0.1, 0.15) is 57.9 Å². The molecule has 1 aliphatic carbocycles. The fraction of sp³-hybridized carbons (Fsp3) is 0.684. The number of nitrogens with zero attached hydrogens (tertiary/aromatic N) is 2. The van der Waals surface area contributed by atoms with Crippen molar-refractivity contribution in [3.8, 4) is 0 Å². The highest BCUT2D eigenvalue weighted by Gasteiger charge is 2.31. The van der Waals surface area contributed by atoms with E-state index in [0.717, 1.165) is 39.9 Å². The van der Waals surface area contributed by atoms with E-state index in [1.54, 1.807) is 11.8 Å². The first kappa shape index (κ1) is 18.0. The maximum absolute atomic E-state index is 6.32. The Morgan fingerprint density at radius 3 is 2.71 bits per heavy atom. The fourth-order valence-electron chi connectivity index (χ4n) is 3.37. The molecule has 1 aliphatic rings. The Bertz CT molecular complexity index is 728. The number of nitrogen functional groups attached to an aromatic ring is 1. The van der Waals surface area contributed by atoms with Crippen LogP contribution in [-0.4, -0.2) is 15.7 Å². The zero-order valence-corrected chi connectivity index (χ0v) is 17.1. The summed E-state index contributed by atoms with van der Waals surface area (Å²) in [7, 11) is 0. The molecule has 2 aromatic rings. The Morgan fingerprint density at radius 1 is 1.29 bits per heavy atom. The molecule has 0 bridgehead atoms. The smallest absolute Gasteiger partial charge is 0.190 e. The summed E-state index contributed by atoms with van der Waals surface area (Å²) < 4.78 is 0. The number of hydrogen-bond donors (Lipinski definition) is 1. The van der Waals surface area contributed by atoms with E-state index >= 15 is 0 Å². The predicted octanol–water partition coefficient (Wildman–Crippen LogP) is 5.56. The summed E-state index contributed by atoms with van der Waals surface area (Å²) in [5, 5.41) is 1.97. The first-order chi connectivity index (χ1) is 11.3. The molecular weight excluding hydrogens is 334 g/mol. The molecule has 0 saturated carbocycles. The second-order valence-electron chi connectivity index (χ2n) is 8.41. The number of aryl methyl sites for hydroxylation is 1. The number of aromatic nitrogens is 2. The van der Waals surface area contributed by atoms with E-state index in [-0.39, 0.29) is 0 Å². The molecule has 2 aromatic heterocycles. The van der Waals surface area contributed by atoms with Gasteiger partial charge in [0.05, 0.1) is 5.39 Å². The number of fused-ring (bicyclic) bond motifs is 3. The molecule has 5 heteroatoms. The Kier molecular flexibility index (Phi) is 5.12. The zero-order chi connectivity index (χ0) is 17.5. The van der Waals surface area contributed by atoms with Crippen LogP contribution in [0.15, 0.2) is 5.16 Å². The molecular formula is C19H29N3S2. The molecule has 0 spiro atoms. The molecule has 2 N–H and O–H groups in total. The Labute approximate surface area is 153 Å². The Balaban J connectivity index is 1.88. The summed E-state index contributed by atoms with van der Waals surface area (Å²) in [5.41, 5.74) is 8.11. The minimum atomic E-state index is 0.364. The SMILES string of the molecule is CC(C)CCSc1nc(N)c2c3c(sc2n1)CC(C(C)(C)C)CC3. The van der Waals surface area contributed by atoms with Gasteiger partial charge in [-0.15, -0.1) is 11.3 Å². The highest BCUT2D eigenvalue weighted by molar-refractivity contribution is 7.99. The number of thiophene rings is 1. The zero-order valence-electron chi connectivity index (χ0n) is 15.5. The number of hydrogen-bond acceptors (Lipinski definition) is 5. The van der Waals surface area contributed by atoms with Gasteiger partial charge in [0, 0.05) is 10.6 Å². The van der Waals surface area contributed by atoms with Gasteiger partial charge in [0.1, 0.15) is 10.6 Å². The number of rotatable bonds is 4. The van der Waals surface area contributed by atoms with Crippen LogP contribution in [0.4, 0.5) is 5.82 Å². The van der Waals surface area contributed by atoms with Gasteiger partial charge in [-0.25, -0.2) is 9.97 Å². The van der Waals surface area contributed by atoms with E-state index < -0.39 is 0 Å². The van der Waals surface area contributed by atoms with E-state index in [2.05, 4.69) is 39.6 Å². The molecule has 0 saturated heterocycles. The summed E-state index contributed by atoms with van der Waals surface area (Å²) in [6.45, 7) is 11.6. The molecule has 132 valence electrons. The third kappa shape index (κ3) is 3.72. The van der Waals surface area contributed by atoms with Gasteiger partial charge in [0.25, 0.3) is 0 Å². The van der Waals surface area contributed by atoms with E-state index in [4.69, 9.17) is 10.7 Å². The summed E-state index contributed by atoms with van der Waals surface area (Å²) in [6, 6.07) is 0. The van der Waals surface area contributed by atoms with Crippen molar-refractivity contribution < 1.29 is 0 Å². The van der Waals surface area contributed by atoms with Crippen molar-refractivity contribution in [3.05, 3.63) is 10.4 Å². The lowest BCUT2D eigenvalue weighted by atomic mass is 9.72. The van der Waals surface area contributed by atoms with E-state index in [1.807, 2.05) is 11.3 Å². The predicted molar refractivity (Wildman–Crippen MR) is 107 cm³/mol. The van der Waals surface area contributed by atoms with Crippen molar-refractivity contribution in [3.63, 3.8) is 0 Å². The second kappa shape index (κ2) is 6.83. The number of thioether (sulfide) groups is 1. The third-order valence-electron chi connectivity index (χ3n) is 5.07. The van der Waals surface area contributed by atoms with Crippen LogP contribution >= 0.6 is 23.1 Å². The van der Waals surface area contributed by atoms with Crippen LogP contribution in [-0.2, 0) is 12.8 Å². The maximum atomic E-state index is 6.32. The Hall–Kier alpha value is -0.810. The lowest BCUT2D eigenvalue weighted by molar-refractivity contribution is 0.218. The summed E-state index contributed by atoms with van der Waals surface area (Å²) in [5.74, 6) is 3.19. The van der Waals surface area contributed by atoms with Crippen molar-refractivity contribution in [1.82, 2.24) is 9.97 Å². The van der Waals surface area contributed by atoms with E-state index in [9.17, 15) is 0 Å². The van der Waals surface area contributed by atoms with Crippen molar-refractivity contribution in [2.45, 2.75) is 65.5 Å². The van der Waals surface area contributed by atoms with Gasteiger partial charge in [-0.2, -0.15) is 0 Å². The van der Waals surface area contributed by atoms with Crippen molar-refractivity contribution in [1.29, 1.82) is 0 Å². The molecule has 3 nitrogen and oxygen atoms in total. The average Bonchev–Trinajstić information content (AvgIpc) is 2.83. The minimum absolute atomic E-state index is 0.364. The molecule has 0 fully saturated rings. The highest BCUT2D eigenvalue weighted by Crippen LogP contribution is 2.44. The van der Waals surface area contributed by atoms with Crippen LogP contribution in [0.5, 0.6) is 0 Å². The van der Waals surface area contributed by atoms with E-state index in [0.29, 0.717) is 17.2 Å². The topological polar surface area (TPSA) is 51.8 Å². The molecule has 0 radical (unpaired) electrons. The molecule has 1 atom stereocenters. The van der Waals surface area contributed by atoms with Crippen LogP contribution in [0.25, 0.3) is 10.2 Å². The average molecular weight is 364 g/mol. The van der Waals surface area contributed by atoms with Crippen LogP contribution in [0.3, 0.4) is 0 Å².